The monoisotopic (exact) mass is 487 g/mol. The molecule has 1 saturated heterocycles. The highest BCUT2D eigenvalue weighted by Gasteiger charge is 2.33. The number of carbonyl (C=O) groups excluding carboxylic acids is 1. The fraction of sp³-hybridized carbons (Fsp3) is 0.435. The van der Waals surface area contributed by atoms with E-state index in [9.17, 15) is 18.0 Å². The van der Waals surface area contributed by atoms with E-state index in [0.717, 1.165) is 19.3 Å². The van der Waals surface area contributed by atoms with Crippen molar-refractivity contribution in [2.45, 2.75) is 50.1 Å². The zero-order valence-electron chi connectivity index (χ0n) is 19.3. The minimum Gasteiger partial charge on any atom is -0.495 e. The first-order chi connectivity index (χ1) is 16.3. The number of carbonyl (C=O) groups is 1. The van der Waals surface area contributed by atoms with E-state index < -0.39 is 15.9 Å². The maximum absolute atomic E-state index is 13.3. The number of hydrogen-bond acceptors (Lipinski definition) is 6. The predicted octanol–water partition coefficient (Wildman–Crippen LogP) is 1.89. The number of fused-ring (bicyclic) bond motifs is 1. The van der Waals surface area contributed by atoms with Crippen LogP contribution in [0.5, 0.6) is 5.75 Å². The molecule has 0 spiro atoms. The van der Waals surface area contributed by atoms with E-state index in [1.165, 1.54) is 32.6 Å². The molecule has 1 aromatic carbocycles. The van der Waals surface area contributed by atoms with Gasteiger partial charge in [0.25, 0.3) is 5.91 Å². The van der Waals surface area contributed by atoms with E-state index in [-0.39, 0.29) is 27.9 Å². The highest BCUT2D eigenvalue weighted by molar-refractivity contribution is 7.89. The number of methoxy groups -OCH3 is 1. The van der Waals surface area contributed by atoms with Gasteiger partial charge in [-0.25, -0.2) is 17.9 Å². The average molecular weight is 488 g/mol. The van der Waals surface area contributed by atoms with Gasteiger partial charge in [0.2, 0.25) is 10.0 Å². The van der Waals surface area contributed by atoms with Crippen LogP contribution in [0.2, 0.25) is 0 Å². The first-order valence-electron chi connectivity index (χ1n) is 11.3. The van der Waals surface area contributed by atoms with Gasteiger partial charge < -0.3 is 10.1 Å². The number of aromatic nitrogens is 3. The van der Waals surface area contributed by atoms with Gasteiger partial charge >= 0.3 is 5.69 Å². The van der Waals surface area contributed by atoms with Crippen LogP contribution in [0.15, 0.2) is 52.3 Å². The van der Waals surface area contributed by atoms with Gasteiger partial charge in [0.05, 0.1) is 7.11 Å². The van der Waals surface area contributed by atoms with Crippen LogP contribution < -0.4 is 15.7 Å². The molecule has 0 radical (unpaired) electrons. The summed E-state index contributed by atoms with van der Waals surface area (Å²) in [6, 6.07) is 9.63. The van der Waals surface area contributed by atoms with Crippen molar-refractivity contribution in [3.05, 3.63) is 58.6 Å². The lowest BCUT2D eigenvalue weighted by atomic mass is 10.1. The molecule has 1 atom stereocenters. The largest absolute Gasteiger partial charge is 0.495 e. The molecule has 1 aliphatic heterocycles. The number of piperidine rings is 1. The molecule has 182 valence electrons. The topological polar surface area (TPSA) is 115 Å². The second kappa shape index (κ2) is 9.98. The molecule has 34 heavy (non-hydrogen) atoms. The Morgan fingerprint density at radius 1 is 1.24 bits per heavy atom. The van der Waals surface area contributed by atoms with E-state index >= 15 is 0 Å². The van der Waals surface area contributed by atoms with Crippen molar-refractivity contribution in [3.8, 4) is 5.75 Å². The molecular formula is C23H29N5O5S. The number of pyridine rings is 1. The first-order valence-corrected chi connectivity index (χ1v) is 12.8. The van der Waals surface area contributed by atoms with E-state index in [1.807, 2.05) is 13.0 Å². The molecule has 2 aromatic heterocycles. The molecule has 1 fully saturated rings. The molecule has 0 saturated carbocycles. The van der Waals surface area contributed by atoms with Gasteiger partial charge in [-0.05, 0) is 56.5 Å². The highest BCUT2D eigenvalue weighted by Crippen LogP contribution is 2.31. The average Bonchev–Trinajstić information content (AvgIpc) is 3.17. The molecule has 4 rings (SSSR count). The first kappa shape index (κ1) is 24.0. The fourth-order valence-corrected chi connectivity index (χ4v) is 6.10. The second-order valence-electron chi connectivity index (χ2n) is 8.37. The summed E-state index contributed by atoms with van der Waals surface area (Å²) in [6.07, 6.45) is 4.75. The maximum atomic E-state index is 13.3. The number of ether oxygens (including phenoxy) is 1. The van der Waals surface area contributed by atoms with Crippen LogP contribution >= 0.6 is 0 Å². The molecule has 1 aliphatic rings. The van der Waals surface area contributed by atoms with Crippen molar-refractivity contribution in [2.24, 2.45) is 0 Å². The lowest BCUT2D eigenvalue weighted by molar-refractivity contribution is 0.0952. The summed E-state index contributed by atoms with van der Waals surface area (Å²) in [6.45, 7) is 2.99. The van der Waals surface area contributed by atoms with Crippen LogP contribution in [0.4, 0.5) is 0 Å². The maximum Gasteiger partial charge on any atom is 0.350 e. The molecule has 1 N–H and O–H groups in total. The standard InChI is InChI=1S/C23H29N5O5S/c1-17-8-3-6-15-28(17)34(31,32)20-16-18(10-11-19(20)33-2)22(29)24-12-7-14-27-23(30)26-13-5-4-9-21(26)25-27/h4-5,9-11,13,16-17H,3,6-8,12,14-15H2,1-2H3,(H,24,29). The number of benzene rings is 1. The molecule has 11 heteroatoms. The molecular weight excluding hydrogens is 458 g/mol. The Bertz CT molecular complexity index is 1350. The fourth-order valence-electron chi connectivity index (χ4n) is 4.22. The van der Waals surface area contributed by atoms with Gasteiger partial charge in [-0.3, -0.25) is 9.20 Å². The Kier molecular flexibility index (Phi) is 7.03. The third-order valence-electron chi connectivity index (χ3n) is 6.08. The number of sulfonamides is 1. The van der Waals surface area contributed by atoms with Crippen molar-refractivity contribution in [3.63, 3.8) is 0 Å². The van der Waals surface area contributed by atoms with Gasteiger partial charge in [-0.2, -0.15) is 4.31 Å². The Labute approximate surface area is 198 Å². The summed E-state index contributed by atoms with van der Waals surface area (Å²) in [7, 11) is -2.40. The van der Waals surface area contributed by atoms with Crippen molar-refractivity contribution < 1.29 is 17.9 Å². The Morgan fingerprint density at radius 2 is 2.06 bits per heavy atom. The van der Waals surface area contributed by atoms with E-state index in [2.05, 4.69) is 10.4 Å². The smallest absolute Gasteiger partial charge is 0.350 e. The van der Waals surface area contributed by atoms with Crippen LogP contribution in [0, 0.1) is 0 Å². The number of nitrogens with one attached hydrogen (secondary N) is 1. The van der Waals surface area contributed by atoms with Crippen molar-refractivity contribution in [2.75, 3.05) is 20.2 Å². The van der Waals surface area contributed by atoms with Crippen LogP contribution in [0.1, 0.15) is 43.0 Å². The minimum absolute atomic E-state index is 0.00680. The van der Waals surface area contributed by atoms with Gasteiger partial charge in [0.15, 0.2) is 5.65 Å². The van der Waals surface area contributed by atoms with Crippen molar-refractivity contribution in [1.82, 2.24) is 23.8 Å². The second-order valence-corrected chi connectivity index (χ2v) is 10.2. The molecule has 0 bridgehead atoms. The van der Waals surface area contributed by atoms with Gasteiger partial charge in [-0.1, -0.05) is 12.5 Å². The van der Waals surface area contributed by atoms with Crippen LogP contribution in [-0.2, 0) is 16.6 Å². The Hall–Kier alpha value is -3.18. The molecule has 0 aliphatic carbocycles. The number of hydrogen-bond donors (Lipinski definition) is 1. The van der Waals surface area contributed by atoms with Gasteiger partial charge in [0.1, 0.15) is 10.6 Å². The van der Waals surface area contributed by atoms with Gasteiger partial charge in [-0.15, -0.1) is 5.10 Å². The number of rotatable bonds is 8. The Morgan fingerprint density at radius 3 is 2.79 bits per heavy atom. The number of aryl methyl sites for hydroxylation is 1. The lowest BCUT2D eigenvalue weighted by Gasteiger charge is -2.32. The zero-order chi connectivity index (χ0) is 24.3. The normalized spacial score (nSPS) is 17.1. The zero-order valence-corrected chi connectivity index (χ0v) is 20.1. The van der Waals surface area contributed by atoms with E-state index in [1.54, 1.807) is 24.4 Å². The molecule has 3 aromatic rings. The van der Waals surface area contributed by atoms with Gasteiger partial charge in [0, 0.05) is 37.4 Å². The Balaban J connectivity index is 1.44. The summed E-state index contributed by atoms with van der Waals surface area (Å²) in [4.78, 5) is 25.1. The highest BCUT2D eigenvalue weighted by atomic mass is 32.2. The van der Waals surface area contributed by atoms with Crippen molar-refractivity contribution >= 4 is 21.6 Å². The number of amides is 1. The summed E-state index contributed by atoms with van der Waals surface area (Å²) in [5.41, 5.74) is 0.555. The summed E-state index contributed by atoms with van der Waals surface area (Å²) >= 11 is 0. The third-order valence-corrected chi connectivity index (χ3v) is 8.11. The van der Waals surface area contributed by atoms with E-state index in [0.29, 0.717) is 31.7 Å². The van der Waals surface area contributed by atoms with Crippen LogP contribution in [-0.4, -0.2) is 59.1 Å². The lowest BCUT2D eigenvalue weighted by Crippen LogP contribution is -2.42. The predicted molar refractivity (Wildman–Crippen MR) is 127 cm³/mol. The molecule has 10 nitrogen and oxygen atoms in total. The van der Waals surface area contributed by atoms with E-state index in [4.69, 9.17) is 4.74 Å². The molecule has 1 unspecified atom stereocenters. The quantitative estimate of drug-likeness (QED) is 0.485. The molecule has 1 amide bonds. The molecule has 3 heterocycles. The van der Waals surface area contributed by atoms with Crippen LogP contribution in [0.25, 0.3) is 5.65 Å². The summed E-state index contributed by atoms with van der Waals surface area (Å²) in [5, 5.41) is 7.05. The van der Waals surface area contributed by atoms with Crippen LogP contribution in [0.3, 0.4) is 0 Å². The van der Waals surface area contributed by atoms with Crippen molar-refractivity contribution in [1.29, 1.82) is 0 Å². The third kappa shape index (κ3) is 4.71. The summed E-state index contributed by atoms with van der Waals surface area (Å²) in [5.74, 6) is -0.186. The number of nitrogens with zero attached hydrogens (tertiary/aromatic N) is 4. The summed E-state index contributed by atoms with van der Waals surface area (Å²) < 4.78 is 36.3. The minimum atomic E-state index is -3.81. The SMILES string of the molecule is COc1ccc(C(=O)NCCCn2nc3ccccn3c2=O)cc1S(=O)(=O)N1CCCCC1C.